The molecule has 3 aromatic rings. The standard InChI is InChI=1S/C24H28N4O5/c1-24(2,3)33-23(31)28-27-21(29)20(13-17-14-25-19-12-8-7-11-18(17)19)26-22(30)32-15-16-9-5-4-6-10-16/h4-12,14,20,25H,13,15H2,1-3H3,(H,26,30)(H,27,29)(H,28,31)/t20-/m1/s1. The van der Waals surface area contributed by atoms with Gasteiger partial charge in [-0.3, -0.25) is 10.2 Å². The number of benzene rings is 2. The molecule has 2 aromatic carbocycles. The van der Waals surface area contributed by atoms with Crippen molar-refractivity contribution in [3.8, 4) is 0 Å². The number of aromatic nitrogens is 1. The molecule has 9 heteroatoms. The highest BCUT2D eigenvalue weighted by atomic mass is 16.6. The minimum atomic E-state index is -1.01. The number of alkyl carbamates (subject to hydrolysis) is 1. The lowest BCUT2D eigenvalue weighted by molar-refractivity contribution is -0.124. The van der Waals surface area contributed by atoms with Gasteiger partial charge >= 0.3 is 12.2 Å². The summed E-state index contributed by atoms with van der Waals surface area (Å²) < 4.78 is 10.4. The number of hydrazine groups is 1. The van der Waals surface area contributed by atoms with E-state index in [4.69, 9.17) is 9.47 Å². The third-order valence-electron chi connectivity index (χ3n) is 4.61. The third kappa shape index (κ3) is 7.27. The zero-order chi connectivity index (χ0) is 23.8. The molecule has 0 unspecified atom stereocenters. The van der Waals surface area contributed by atoms with Crippen molar-refractivity contribution in [2.24, 2.45) is 0 Å². The van der Waals surface area contributed by atoms with E-state index in [9.17, 15) is 14.4 Å². The Balaban J connectivity index is 1.67. The number of aromatic amines is 1. The van der Waals surface area contributed by atoms with Gasteiger partial charge in [0.2, 0.25) is 0 Å². The molecule has 1 aromatic heterocycles. The van der Waals surface area contributed by atoms with Gasteiger partial charge in [0.25, 0.3) is 5.91 Å². The van der Waals surface area contributed by atoms with Crippen LogP contribution in [0.3, 0.4) is 0 Å². The number of para-hydroxylation sites is 1. The van der Waals surface area contributed by atoms with Gasteiger partial charge in [-0.2, -0.15) is 0 Å². The van der Waals surface area contributed by atoms with Crippen LogP contribution in [0.4, 0.5) is 9.59 Å². The second kappa shape index (κ2) is 10.5. The van der Waals surface area contributed by atoms with E-state index in [0.29, 0.717) is 0 Å². The van der Waals surface area contributed by atoms with Crippen LogP contribution in [0, 0.1) is 0 Å². The van der Waals surface area contributed by atoms with E-state index >= 15 is 0 Å². The minimum absolute atomic E-state index is 0.0598. The Kier molecular flexibility index (Phi) is 7.55. The quantitative estimate of drug-likeness (QED) is 0.426. The Morgan fingerprint density at radius 3 is 2.36 bits per heavy atom. The van der Waals surface area contributed by atoms with Gasteiger partial charge in [0, 0.05) is 23.5 Å². The van der Waals surface area contributed by atoms with E-state index in [1.54, 1.807) is 27.0 Å². The average Bonchev–Trinajstić information content (AvgIpc) is 3.18. The summed E-state index contributed by atoms with van der Waals surface area (Å²) in [6.07, 6.45) is 0.389. The topological polar surface area (TPSA) is 122 Å². The van der Waals surface area contributed by atoms with Crippen LogP contribution >= 0.6 is 0 Å². The molecule has 0 bridgehead atoms. The molecule has 4 N–H and O–H groups in total. The van der Waals surface area contributed by atoms with E-state index in [-0.39, 0.29) is 13.0 Å². The van der Waals surface area contributed by atoms with Gasteiger partial charge in [0.1, 0.15) is 18.2 Å². The van der Waals surface area contributed by atoms with Gasteiger partial charge in [0.15, 0.2) is 0 Å². The molecule has 0 aliphatic carbocycles. The summed E-state index contributed by atoms with van der Waals surface area (Å²) in [5.74, 6) is -0.622. The van der Waals surface area contributed by atoms with Gasteiger partial charge in [-0.25, -0.2) is 15.0 Å². The average molecular weight is 453 g/mol. The molecule has 1 atom stereocenters. The normalized spacial score (nSPS) is 12.0. The van der Waals surface area contributed by atoms with E-state index in [1.807, 2.05) is 54.6 Å². The first-order chi connectivity index (χ1) is 15.7. The van der Waals surface area contributed by atoms with Crippen molar-refractivity contribution < 1.29 is 23.9 Å². The van der Waals surface area contributed by atoms with Crippen molar-refractivity contribution in [3.63, 3.8) is 0 Å². The molecule has 0 saturated heterocycles. The second-order valence-corrected chi connectivity index (χ2v) is 8.44. The monoisotopic (exact) mass is 452 g/mol. The van der Waals surface area contributed by atoms with Crippen molar-refractivity contribution in [2.45, 2.75) is 45.4 Å². The number of hydrogen-bond donors (Lipinski definition) is 4. The first-order valence-corrected chi connectivity index (χ1v) is 10.5. The zero-order valence-electron chi connectivity index (χ0n) is 18.8. The summed E-state index contributed by atoms with van der Waals surface area (Å²) in [4.78, 5) is 40.3. The van der Waals surface area contributed by atoms with Crippen molar-refractivity contribution in [1.29, 1.82) is 0 Å². The fraction of sp³-hybridized carbons (Fsp3) is 0.292. The maximum atomic E-state index is 12.8. The van der Waals surface area contributed by atoms with Crippen molar-refractivity contribution in [1.82, 2.24) is 21.2 Å². The molecule has 0 aliphatic heterocycles. The van der Waals surface area contributed by atoms with Crippen molar-refractivity contribution >= 4 is 29.0 Å². The van der Waals surface area contributed by atoms with Crippen LogP contribution in [0.2, 0.25) is 0 Å². The summed E-state index contributed by atoms with van der Waals surface area (Å²) in [7, 11) is 0. The number of amides is 3. The van der Waals surface area contributed by atoms with Crippen LogP contribution in [0.5, 0.6) is 0 Å². The predicted octanol–water partition coefficient (Wildman–Crippen LogP) is 3.56. The molecule has 0 aliphatic rings. The lowest BCUT2D eigenvalue weighted by Gasteiger charge is -2.21. The molecular formula is C24H28N4O5. The molecule has 33 heavy (non-hydrogen) atoms. The third-order valence-corrected chi connectivity index (χ3v) is 4.61. The molecular weight excluding hydrogens is 424 g/mol. The van der Waals surface area contributed by atoms with Gasteiger partial charge in [-0.15, -0.1) is 0 Å². The van der Waals surface area contributed by atoms with Crippen LogP contribution in [0.1, 0.15) is 31.9 Å². The van der Waals surface area contributed by atoms with Crippen LogP contribution in [-0.2, 0) is 27.3 Å². The van der Waals surface area contributed by atoms with Crippen LogP contribution in [0.25, 0.3) is 10.9 Å². The first-order valence-electron chi connectivity index (χ1n) is 10.5. The molecule has 3 amide bonds. The number of fused-ring (bicyclic) bond motifs is 1. The lowest BCUT2D eigenvalue weighted by Crippen LogP contribution is -2.53. The maximum absolute atomic E-state index is 12.8. The molecule has 9 nitrogen and oxygen atoms in total. The summed E-state index contributed by atoms with van der Waals surface area (Å²) in [5.41, 5.74) is 6.33. The molecule has 0 saturated carbocycles. The van der Waals surface area contributed by atoms with E-state index in [2.05, 4.69) is 21.2 Å². The predicted molar refractivity (Wildman–Crippen MR) is 123 cm³/mol. The van der Waals surface area contributed by atoms with Gasteiger partial charge in [-0.05, 0) is 38.0 Å². The highest BCUT2D eigenvalue weighted by Gasteiger charge is 2.25. The summed E-state index contributed by atoms with van der Waals surface area (Å²) in [5, 5.41) is 3.51. The number of H-pyrrole nitrogens is 1. The Morgan fingerprint density at radius 2 is 1.64 bits per heavy atom. The summed E-state index contributed by atoms with van der Waals surface area (Å²) >= 11 is 0. The highest BCUT2D eigenvalue weighted by molar-refractivity contribution is 5.89. The smallest absolute Gasteiger partial charge is 0.426 e. The number of nitrogens with one attached hydrogen (secondary N) is 4. The second-order valence-electron chi connectivity index (χ2n) is 8.44. The highest BCUT2D eigenvalue weighted by Crippen LogP contribution is 2.19. The lowest BCUT2D eigenvalue weighted by atomic mass is 10.0. The fourth-order valence-corrected chi connectivity index (χ4v) is 3.14. The largest absolute Gasteiger partial charge is 0.445 e. The molecule has 1 heterocycles. The molecule has 0 fully saturated rings. The molecule has 174 valence electrons. The maximum Gasteiger partial charge on any atom is 0.426 e. The zero-order valence-corrected chi connectivity index (χ0v) is 18.8. The van der Waals surface area contributed by atoms with Gasteiger partial charge in [0.05, 0.1) is 0 Å². The number of carbonyl (C=O) groups excluding carboxylic acids is 3. The number of hydrogen-bond acceptors (Lipinski definition) is 5. The van der Waals surface area contributed by atoms with Crippen LogP contribution in [-0.4, -0.2) is 34.7 Å². The van der Waals surface area contributed by atoms with Crippen LogP contribution < -0.4 is 16.2 Å². The van der Waals surface area contributed by atoms with Crippen molar-refractivity contribution in [3.05, 3.63) is 71.9 Å². The number of ether oxygens (including phenoxy) is 2. The van der Waals surface area contributed by atoms with Crippen molar-refractivity contribution in [2.75, 3.05) is 0 Å². The van der Waals surface area contributed by atoms with E-state index < -0.39 is 29.7 Å². The number of carbonyl (C=O) groups is 3. The molecule has 3 rings (SSSR count). The van der Waals surface area contributed by atoms with Crippen LogP contribution in [0.15, 0.2) is 60.8 Å². The molecule has 0 spiro atoms. The minimum Gasteiger partial charge on any atom is -0.445 e. The fourth-order valence-electron chi connectivity index (χ4n) is 3.14. The Morgan fingerprint density at radius 1 is 0.939 bits per heavy atom. The Bertz CT molecular complexity index is 1100. The van der Waals surface area contributed by atoms with Gasteiger partial charge < -0.3 is 19.8 Å². The first kappa shape index (κ1) is 23.6. The summed E-state index contributed by atoms with van der Waals surface area (Å²) in [6, 6.07) is 15.8. The Hall–Kier alpha value is -4.01. The van der Waals surface area contributed by atoms with E-state index in [1.165, 1.54) is 0 Å². The molecule has 0 radical (unpaired) electrons. The SMILES string of the molecule is CC(C)(C)OC(=O)NNC(=O)[C@@H](Cc1c[nH]c2ccccc12)NC(=O)OCc1ccccc1. The van der Waals surface area contributed by atoms with Gasteiger partial charge in [-0.1, -0.05) is 48.5 Å². The van der Waals surface area contributed by atoms with E-state index in [0.717, 1.165) is 22.0 Å². The summed E-state index contributed by atoms with van der Waals surface area (Å²) in [6.45, 7) is 5.18. The number of rotatable bonds is 6. The Labute approximate surface area is 191 Å².